The van der Waals surface area contributed by atoms with Crippen LogP contribution in [-0.4, -0.2) is 37.0 Å². The van der Waals surface area contributed by atoms with E-state index in [2.05, 4.69) is 35.8 Å². The molecule has 0 amide bonds. The summed E-state index contributed by atoms with van der Waals surface area (Å²) in [4.78, 5) is 4.27. The minimum absolute atomic E-state index is 0.560. The average molecular weight is 395 g/mol. The van der Waals surface area contributed by atoms with Crippen LogP contribution in [0.4, 0.5) is 5.69 Å². The lowest BCUT2D eigenvalue weighted by molar-refractivity contribution is 0.275. The molecule has 1 aliphatic heterocycles. The molecule has 0 aliphatic carbocycles. The van der Waals surface area contributed by atoms with Crippen molar-refractivity contribution in [3.8, 4) is 5.75 Å². The summed E-state index contributed by atoms with van der Waals surface area (Å²) in [6.45, 7) is 8.24. The molecule has 0 bridgehead atoms. The van der Waals surface area contributed by atoms with Gasteiger partial charge in [-0.3, -0.25) is 5.41 Å². The van der Waals surface area contributed by atoms with Gasteiger partial charge in [-0.25, -0.2) is 0 Å². The third kappa shape index (κ3) is 5.73. The molecule has 0 spiro atoms. The number of hydrogen-bond acceptors (Lipinski definition) is 3. The van der Waals surface area contributed by atoms with Gasteiger partial charge in [0.2, 0.25) is 0 Å². The minimum Gasteiger partial charge on any atom is -0.489 e. The number of nitrogens with one attached hydrogen (secondary N) is 1. The van der Waals surface area contributed by atoms with Gasteiger partial charge in [0.15, 0.2) is 5.96 Å². The predicted molar refractivity (Wildman–Crippen MR) is 121 cm³/mol. The fourth-order valence-corrected chi connectivity index (χ4v) is 3.65. The summed E-state index contributed by atoms with van der Waals surface area (Å²) in [6.07, 6.45) is 3.16. The number of hydrogen-bond donors (Lipinski definition) is 2. The second-order valence-electron chi connectivity index (χ2n) is 8.00. The van der Waals surface area contributed by atoms with Crippen LogP contribution < -0.4 is 15.4 Å². The van der Waals surface area contributed by atoms with E-state index >= 15 is 0 Å². The van der Waals surface area contributed by atoms with Gasteiger partial charge in [0, 0.05) is 25.3 Å². The van der Waals surface area contributed by atoms with Gasteiger partial charge >= 0.3 is 0 Å². The standard InChI is InChI=1S/C24H34N4O/c1-19-12-16-27(17-13-19)24(26)28(15-5-14-25)22-8-10-23(11-9-22)29-18-21-7-4-3-6-20(21)2/h3-4,6-11,19,26H,5,12-18,25H2,1-2H3. The Morgan fingerprint density at radius 2 is 1.83 bits per heavy atom. The summed E-state index contributed by atoms with van der Waals surface area (Å²) in [7, 11) is 0. The highest BCUT2D eigenvalue weighted by Crippen LogP contribution is 2.24. The van der Waals surface area contributed by atoms with Crippen molar-refractivity contribution in [2.75, 3.05) is 31.1 Å². The fourth-order valence-electron chi connectivity index (χ4n) is 3.65. The number of guanidine groups is 1. The van der Waals surface area contributed by atoms with Gasteiger partial charge in [-0.1, -0.05) is 31.2 Å². The van der Waals surface area contributed by atoms with Crippen molar-refractivity contribution in [2.24, 2.45) is 11.7 Å². The molecular formula is C24H34N4O. The molecular weight excluding hydrogens is 360 g/mol. The summed E-state index contributed by atoms with van der Waals surface area (Å²) >= 11 is 0. The largest absolute Gasteiger partial charge is 0.489 e. The van der Waals surface area contributed by atoms with Crippen LogP contribution in [0.1, 0.15) is 37.3 Å². The van der Waals surface area contributed by atoms with Crippen molar-refractivity contribution in [2.45, 2.75) is 39.7 Å². The van der Waals surface area contributed by atoms with Crippen LogP contribution in [0.3, 0.4) is 0 Å². The Labute approximate surface area is 175 Å². The first-order valence-electron chi connectivity index (χ1n) is 10.7. The van der Waals surface area contributed by atoms with E-state index in [1.54, 1.807) is 0 Å². The molecule has 1 saturated heterocycles. The first-order valence-corrected chi connectivity index (χ1v) is 10.7. The monoisotopic (exact) mass is 394 g/mol. The normalized spacial score (nSPS) is 14.7. The maximum atomic E-state index is 8.77. The van der Waals surface area contributed by atoms with Gasteiger partial charge in [0.1, 0.15) is 12.4 Å². The highest BCUT2D eigenvalue weighted by molar-refractivity contribution is 5.93. The molecule has 0 saturated carbocycles. The smallest absolute Gasteiger partial charge is 0.198 e. The van der Waals surface area contributed by atoms with Gasteiger partial charge in [-0.2, -0.15) is 0 Å². The number of ether oxygens (including phenoxy) is 1. The number of rotatable bonds is 7. The quantitative estimate of drug-likeness (QED) is 0.540. The maximum absolute atomic E-state index is 8.77. The van der Waals surface area contributed by atoms with Crippen LogP contribution in [0.5, 0.6) is 5.75 Å². The zero-order valence-electron chi connectivity index (χ0n) is 17.7. The third-order valence-electron chi connectivity index (χ3n) is 5.73. The molecule has 3 rings (SSSR count). The Hall–Kier alpha value is -2.53. The Morgan fingerprint density at radius 3 is 2.48 bits per heavy atom. The number of nitrogens with zero attached hydrogens (tertiary/aromatic N) is 2. The molecule has 0 atom stereocenters. The number of likely N-dealkylation sites (tertiary alicyclic amines) is 1. The van der Waals surface area contributed by atoms with E-state index < -0.39 is 0 Å². The van der Waals surface area contributed by atoms with Gasteiger partial charge < -0.3 is 20.3 Å². The molecule has 5 nitrogen and oxygen atoms in total. The first kappa shape index (κ1) is 21.2. The van der Waals surface area contributed by atoms with Crippen molar-refractivity contribution in [1.82, 2.24) is 4.90 Å². The lowest BCUT2D eigenvalue weighted by atomic mass is 9.99. The molecule has 2 aromatic carbocycles. The van der Waals surface area contributed by atoms with E-state index in [9.17, 15) is 0 Å². The summed E-state index contributed by atoms with van der Waals surface area (Å²) in [5.74, 6) is 2.18. The number of anilines is 1. The van der Waals surface area contributed by atoms with Crippen LogP contribution in [0, 0.1) is 18.3 Å². The van der Waals surface area contributed by atoms with E-state index in [-0.39, 0.29) is 0 Å². The topological polar surface area (TPSA) is 65.6 Å². The van der Waals surface area contributed by atoms with E-state index in [1.807, 2.05) is 36.4 Å². The second kappa shape index (κ2) is 10.3. The molecule has 0 unspecified atom stereocenters. The Bertz CT molecular complexity index is 782. The Balaban J connectivity index is 1.66. The van der Waals surface area contributed by atoms with Crippen LogP contribution in [0.25, 0.3) is 0 Å². The summed E-state index contributed by atoms with van der Waals surface area (Å²) in [5, 5.41) is 8.77. The molecule has 156 valence electrons. The summed E-state index contributed by atoms with van der Waals surface area (Å²) in [5.41, 5.74) is 9.20. The van der Waals surface area contributed by atoms with Crippen molar-refractivity contribution in [3.63, 3.8) is 0 Å². The summed E-state index contributed by atoms with van der Waals surface area (Å²) in [6, 6.07) is 16.4. The lowest BCUT2D eigenvalue weighted by Gasteiger charge is -2.37. The number of piperidine rings is 1. The molecule has 0 radical (unpaired) electrons. The van der Waals surface area contributed by atoms with Crippen LogP contribution in [0.2, 0.25) is 0 Å². The lowest BCUT2D eigenvalue weighted by Crippen LogP contribution is -2.47. The van der Waals surface area contributed by atoms with Crippen LogP contribution >= 0.6 is 0 Å². The molecule has 3 N–H and O–H groups in total. The predicted octanol–water partition coefficient (Wildman–Crippen LogP) is 4.40. The molecule has 2 aromatic rings. The highest BCUT2D eigenvalue weighted by Gasteiger charge is 2.22. The molecule has 5 heteroatoms. The zero-order valence-corrected chi connectivity index (χ0v) is 17.7. The van der Waals surface area contributed by atoms with E-state index in [0.29, 0.717) is 19.1 Å². The zero-order chi connectivity index (χ0) is 20.6. The van der Waals surface area contributed by atoms with Crippen molar-refractivity contribution in [3.05, 3.63) is 59.7 Å². The van der Waals surface area contributed by atoms with Crippen molar-refractivity contribution >= 4 is 11.6 Å². The molecule has 0 aromatic heterocycles. The number of aryl methyl sites for hydroxylation is 1. The Kier molecular flexibility index (Phi) is 7.53. The van der Waals surface area contributed by atoms with Gasteiger partial charge in [-0.15, -0.1) is 0 Å². The molecule has 1 fully saturated rings. The average Bonchev–Trinajstić information content (AvgIpc) is 2.74. The third-order valence-corrected chi connectivity index (χ3v) is 5.73. The summed E-state index contributed by atoms with van der Waals surface area (Å²) < 4.78 is 5.97. The van der Waals surface area contributed by atoms with Crippen LogP contribution in [0.15, 0.2) is 48.5 Å². The van der Waals surface area contributed by atoms with Gasteiger partial charge in [0.05, 0.1) is 0 Å². The van der Waals surface area contributed by atoms with Crippen molar-refractivity contribution in [1.29, 1.82) is 5.41 Å². The molecule has 1 aliphatic rings. The molecule has 1 heterocycles. The van der Waals surface area contributed by atoms with Gasteiger partial charge in [-0.05, 0) is 74.0 Å². The van der Waals surface area contributed by atoms with Gasteiger partial charge in [0.25, 0.3) is 0 Å². The Morgan fingerprint density at radius 1 is 1.14 bits per heavy atom. The fraction of sp³-hybridized carbons (Fsp3) is 0.458. The number of nitrogens with two attached hydrogens (primary N) is 1. The van der Waals surface area contributed by atoms with Crippen molar-refractivity contribution < 1.29 is 4.74 Å². The second-order valence-corrected chi connectivity index (χ2v) is 8.00. The molecule has 29 heavy (non-hydrogen) atoms. The van der Waals surface area contributed by atoms with E-state index in [0.717, 1.165) is 56.3 Å². The highest BCUT2D eigenvalue weighted by atomic mass is 16.5. The minimum atomic E-state index is 0.560. The SMILES string of the molecule is Cc1ccccc1COc1ccc(N(CCCN)C(=N)N2CCC(C)CC2)cc1. The number of benzene rings is 2. The first-order chi connectivity index (χ1) is 14.1. The van der Waals surface area contributed by atoms with E-state index in [1.165, 1.54) is 11.1 Å². The maximum Gasteiger partial charge on any atom is 0.198 e. The van der Waals surface area contributed by atoms with E-state index in [4.69, 9.17) is 15.9 Å². The van der Waals surface area contributed by atoms with Crippen LogP contribution in [-0.2, 0) is 6.61 Å².